The van der Waals surface area contributed by atoms with E-state index in [9.17, 15) is 4.79 Å². The number of likely N-dealkylation sites (tertiary alicyclic amines) is 1. The molecule has 0 unspecified atom stereocenters. The molecule has 5 rings (SSSR count). The highest BCUT2D eigenvalue weighted by Crippen LogP contribution is 2.32. The smallest absolute Gasteiger partial charge is 0.264 e. The zero-order valence-corrected chi connectivity index (χ0v) is 15.4. The van der Waals surface area contributed by atoms with Crippen LogP contribution in [0.3, 0.4) is 0 Å². The Labute approximate surface area is 155 Å². The van der Waals surface area contributed by atoms with Crippen molar-refractivity contribution >= 4 is 17.2 Å². The van der Waals surface area contributed by atoms with Crippen LogP contribution in [0.5, 0.6) is 0 Å². The monoisotopic (exact) mass is 374 g/mol. The molecular formula is C18H22N4O3S. The summed E-state index contributed by atoms with van der Waals surface area (Å²) in [5, 5.41) is 6.35. The van der Waals surface area contributed by atoms with Crippen molar-refractivity contribution in [3.63, 3.8) is 0 Å². The van der Waals surface area contributed by atoms with E-state index in [2.05, 4.69) is 15.5 Å². The lowest BCUT2D eigenvalue weighted by molar-refractivity contribution is -0.00461. The summed E-state index contributed by atoms with van der Waals surface area (Å²) < 4.78 is 13.9. The minimum Gasteiger partial charge on any atom is -0.371 e. The first-order valence-electron chi connectivity index (χ1n) is 9.25. The number of ether oxygens (including phenoxy) is 2. The van der Waals surface area contributed by atoms with Gasteiger partial charge in [0.1, 0.15) is 30.9 Å². The number of thiophene rings is 1. The number of fused-ring (bicyclic) bond motifs is 2. The second-order valence-electron chi connectivity index (χ2n) is 7.26. The lowest BCUT2D eigenvalue weighted by Gasteiger charge is -2.19. The molecule has 2 aromatic rings. The minimum atomic E-state index is -0.0664. The number of hydrogen-bond donors (Lipinski definition) is 0. The van der Waals surface area contributed by atoms with Gasteiger partial charge in [-0.15, -0.1) is 11.3 Å². The SMILES string of the molecule is O=C(c1scc2c1CCCC2)N1C[C@@H]2OCC(n3cncn3)CO[C@H]2C1. The number of rotatable bonds is 2. The molecule has 7 nitrogen and oxygen atoms in total. The number of carbonyl (C=O) groups excluding carboxylic acids is 1. The Morgan fingerprint density at radius 3 is 2.65 bits per heavy atom. The molecule has 138 valence electrons. The van der Waals surface area contributed by atoms with Gasteiger partial charge in [-0.3, -0.25) is 4.79 Å². The van der Waals surface area contributed by atoms with Crippen LogP contribution in [0.25, 0.3) is 0 Å². The van der Waals surface area contributed by atoms with Crippen molar-refractivity contribution in [1.29, 1.82) is 0 Å². The summed E-state index contributed by atoms with van der Waals surface area (Å²) in [6.07, 6.45) is 7.65. The topological polar surface area (TPSA) is 69.5 Å². The van der Waals surface area contributed by atoms with Crippen molar-refractivity contribution in [2.75, 3.05) is 26.3 Å². The van der Waals surface area contributed by atoms with Gasteiger partial charge < -0.3 is 14.4 Å². The van der Waals surface area contributed by atoms with Crippen LogP contribution in [0, 0.1) is 0 Å². The van der Waals surface area contributed by atoms with Crippen molar-refractivity contribution < 1.29 is 14.3 Å². The van der Waals surface area contributed by atoms with Crippen LogP contribution < -0.4 is 0 Å². The van der Waals surface area contributed by atoms with E-state index in [1.54, 1.807) is 22.3 Å². The molecule has 2 fully saturated rings. The van der Waals surface area contributed by atoms with E-state index in [1.807, 2.05) is 4.90 Å². The van der Waals surface area contributed by atoms with E-state index in [1.165, 1.54) is 30.3 Å². The molecule has 8 heteroatoms. The second kappa shape index (κ2) is 6.75. The van der Waals surface area contributed by atoms with Crippen molar-refractivity contribution in [3.05, 3.63) is 34.0 Å². The maximum atomic E-state index is 13.1. The fourth-order valence-corrected chi connectivity index (χ4v) is 5.27. The van der Waals surface area contributed by atoms with Crippen molar-refractivity contribution in [2.24, 2.45) is 0 Å². The number of aryl methyl sites for hydroxylation is 1. The highest BCUT2D eigenvalue weighted by atomic mass is 32.1. The van der Waals surface area contributed by atoms with Gasteiger partial charge in [-0.05, 0) is 42.2 Å². The normalized spacial score (nSPS) is 26.4. The summed E-state index contributed by atoms with van der Waals surface area (Å²) in [6.45, 7) is 2.25. The van der Waals surface area contributed by atoms with Crippen LogP contribution in [0.2, 0.25) is 0 Å². The Hall–Kier alpha value is -1.77. The molecule has 2 aliphatic heterocycles. The van der Waals surface area contributed by atoms with Gasteiger partial charge in [-0.1, -0.05) is 0 Å². The van der Waals surface area contributed by atoms with E-state index in [0.717, 1.165) is 17.7 Å². The van der Waals surface area contributed by atoms with Gasteiger partial charge >= 0.3 is 0 Å². The molecule has 1 amide bonds. The molecule has 0 spiro atoms. The Morgan fingerprint density at radius 1 is 1.15 bits per heavy atom. The molecule has 0 radical (unpaired) electrons. The predicted octanol–water partition coefficient (Wildman–Crippen LogP) is 1.70. The molecule has 0 aromatic carbocycles. The molecule has 2 saturated heterocycles. The lowest BCUT2D eigenvalue weighted by Crippen LogP contribution is -2.31. The molecule has 0 N–H and O–H groups in total. The van der Waals surface area contributed by atoms with Gasteiger partial charge in [0, 0.05) is 13.1 Å². The summed E-state index contributed by atoms with van der Waals surface area (Å²) in [4.78, 5) is 19.9. The van der Waals surface area contributed by atoms with Crippen molar-refractivity contribution in [3.8, 4) is 0 Å². The average molecular weight is 374 g/mol. The summed E-state index contributed by atoms with van der Waals surface area (Å²) >= 11 is 1.60. The largest absolute Gasteiger partial charge is 0.371 e. The first-order valence-corrected chi connectivity index (χ1v) is 10.1. The minimum absolute atomic E-state index is 0.0385. The Morgan fingerprint density at radius 2 is 1.92 bits per heavy atom. The van der Waals surface area contributed by atoms with Crippen LogP contribution in [0.4, 0.5) is 0 Å². The van der Waals surface area contributed by atoms with Gasteiger partial charge in [0.15, 0.2) is 0 Å². The number of carbonyl (C=O) groups is 1. The van der Waals surface area contributed by atoms with Crippen molar-refractivity contribution in [1.82, 2.24) is 19.7 Å². The number of nitrogens with zero attached hydrogens (tertiary/aromatic N) is 4. The average Bonchev–Trinajstić information content (AvgIpc) is 3.39. The van der Waals surface area contributed by atoms with Gasteiger partial charge in [-0.2, -0.15) is 5.10 Å². The van der Waals surface area contributed by atoms with E-state index in [-0.39, 0.29) is 24.2 Å². The number of amides is 1. The molecule has 2 atom stereocenters. The highest BCUT2D eigenvalue weighted by Gasteiger charge is 2.40. The Bertz CT molecular complexity index is 774. The Kier molecular flexibility index (Phi) is 4.26. The van der Waals surface area contributed by atoms with Crippen LogP contribution in [-0.4, -0.2) is 64.1 Å². The summed E-state index contributed by atoms with van der Waals surface area (Å²) in [5.41, 5.74) is 2.66. The molecule has 0 saturated carbocycles. The molecule has 2 aromatic heterocycles. The molecule has 1 aliphatic carbocycles. The molecule has 3 aliphatic rings. The fourth-order valence-electron chi connectivity index (χ4n) is 4.15. The van der Waals surface area contributed by atoms with Crippen LogP contribution >= 0.6 is 11.3 Å². The standard InChI is InChI=1S/C18H22N4O3S/c23-18(17-14-4-2-1-3-12(14)9-26-17)21-5-15-16(6-21)25-8-13(7-24-15)22-11-19-10-20-22/h9-11,13,15-16H,1-8H2/t15-,16-/m0/s1. The molecular weight excluding hydrogens is 352 g/mol. The first-order chi connectivity index (χ1) is 12.8. The third kappa shape index (κ3) is 2.86. The highest BCUT2D eigenvalue weighted by molar-refractivity contribution is 7.12. The third-order valence-corrected chi connectivity index (χ3v) is 6.68. The zero-order valence-electron chi connectivity index (χ0n) is 14.5. The number of hydrogen-bond acceptors (Lipinski definition) is 6. The fraction of sp³-hybridized carbons (Fsp3) is 0.611. The lowest BCUT2D eigenvalue weighted by atomic mass is 9.94. The van der Waals surface area contributed by atoms with Crippen LogP contribution in [-0.2, 0) is 22.3 Å². The Balaban J connectivity index is 1.27. The second-order valence-corrected chi connectivity index (χ2v) is 8.14. The summed E-state index contributed by atoms with van der Waals surface area (Å²) in [7, 11) is 0. The van der Waals surface area contributed by atoms with Gasteiger partial charge in [0.05, 0.1) is 18.1 Å². The molecule has 0 bridgehead atoms. The van der Waals surface area contributed by atoms with Gasteiger partial charge in [-0.25, -0.2) is 9.67 Å². The van der Waals surface area contributed by atoms with Crippen LogP contribution in [0.15, 0.2) is 18.0 Å². The maximum absolute atomic E-state index is 13.1. The van der Waals surface area contributed by atoms with E-state index in [0.29, 0.717) is 26.3 Å². The zero-order chi connectivity index (χ0) is 17.5. The molecule has 4 heterocycles. The van der Waals surface area contributed by atoms with E-state index < -0.39 is 0 Å². The van der Waals surface area contributed by atoms with E-state index >= 15 is 0 Å². The summed E-state index contributed by atoms with van der Waals surface area (Å²) in [5.74, 6) is 0.145. The first kappa shape index (κ1) is 16.4. The van der Waals surface area contributed by atoms with Crippen LogP contribution in [0.1, 0.15) is 39.7 Å². The van der Waals surface area contributed by atoms with Gasteiger partial charge in [0.25, 0.3) is 5.91 Å². The van der Waals surface area contributed by atoms with Crippen molar-refractivity contribution in [2.45, 2.75) is 43.9 Å². The molecule has 26 heavy (non-hydrogen) atoms. The predicted molar refractivity (Wildman–Crippen MR) is 95.4 cm³/mol. The summed E-state index contributed by atoms with van der Waals surface area (Å²) in [6, 6.07) is 0.0385. The third-order valence-electron chi connectivity index (χ3n) is 5.62. The quantitative estimate of drug-likeness (QED) is 0.800. The van der Waals surface area contributed by atoms with Gasteiger partial charge in [0.2, 0.25) is 0 Å². The van der Waals surface area contributed by atoms with E-state index in [4.69, 9.17) is 9.47 Å². The maximum Gasteiger partial charge on any atom is 0.264 e. The number of aromatic nitrogens is 3.